The van der Waals surface area contributed by atoms with Gasteiger partial charge in [0, 0.05) is 29.9 Å². The normalized spacial score (nSPS) is 26.9. The van der Waals surface area contributed by atoms with E-state index in [0.717, 1.165) is 18.5 Å². The second-order valence-electron chi connectivity index (χ2n) is 7.08. The van der Waals surface area contributed by atoms with Gasteiger partial charge in [0.25, 0.3) is 0 Å². The van der Waals surface area contributed by atoms with Gasteiger partial charge in [0.15, 0.2) is 5.41 Å². The van der Waals surface area contributed by atoms with E-state index in [1.54, 1.807) is 12.1 Å². The molecule has 0 spiro atoms. The third-order valence-electron chi connectivity index (χ3n) is 5.65. The van der Waals surface area contributed by atoms with Crippen LogP contribution in [0.25, 0.3) is 0 Å². The summed E-state index contributed by atoms with van der Waals surface area (Å²) in [5.74, 6) is -1.62. The zero-order chi connectivity index (χ0) is 19.6. The molecule has 0 aromatic heterocycles. The van der Waals surface area contributed by atoms with Crippen molar-refractivity contribution in [1.82, 2.24) is 4.90 Å². The van der Waals surface area contributed by atoms with Crippen LogP contribution >= 0.6 is 11.6 Å². The molecule has 0 radical (unpaired) electrons. The molecular weight excluding hydrogens is 358 g/mol. The maximum Gasteiger partial charge on any atom is 0.189 e. The zero-order valence-electron chi connectivity index (χ0n) is 15.1. The summed E-state index contributed by atoms with van der Waals surface area (Å²) in [7, 11) is 0. The minimum atomic E-state index is -1.71. The van der Waals surface area contributed by atoms with Crippen molar-refractivity contribution in [2.24, 2.45) is 17.3 Å². The molecule has 1 saturated carbocycles. The van der Waals surface area contributed by atoms with E-state index in [9.17, 15) is 15.8 Å². The predicted octanol–water partition coefficient (Wildman–Crippen LogP) is 3.90. The Hall–Kier alpha value is -2.65. The average Bonchev–Trinajstić information content (AvgIpc) is 2.68. The maximum atomic E-state index is 10.0. The van der Waals surface area contributed by atoms with Crippen LogP contribution in [0.3, 0.4) is 0 Å². The minimum Gasteiger partial charge on any atom is -0.305 e. The molecule has 1 aromatic rings. The van der Waals surface area contributed by atoms with Crippen molar-refractivity contribution in [1.29, 1.82) is 21.2 Å². The van der Waals surface area contributed by atoms with Gasteiger partial charge in [0.1, 0.15) is 5.92 Å². The van der Waals surface area contributed by atoms with E-state index in [2.05, 4.69) is 30.0 Å². The number of benzene rings is 1. The molecule has 0 bridgehead atoms. The number of hydrogen-bond acceptors (Lipinski definition) is 5. The lowest BCUT2D eigenvalue weighted by Gasteiger charge is -2.48. The van der Waals surface area contributed by atoms with Crippen LogP contribution in [0, 0.1) is 56.7 Å². The zero-order valence-corrected chi connectivity index (χ0v) is 15.9. The number of nitrogens with one attached hydrogen (secondary N) is 1. The number of nitriles is 3. The molecule has 1 N–H and O–H groups in total. The van der Waals surface area contributed by atoms with Crippen LogP contribution in [0.2, 0.25) is 5.02 Å². The predicted molar refractivity (Wildman–Crippen MR) is 103 cm³/mol. The highest BCUT2D eigenvalue weighted by Crippen LogP contribution is 2.54. The highest BCUT2D eigenvalue weighted by molar-refractivity contribution is 6.31. The molecule has 136 valence electrons. The van der Waals surface area contributed by atoms with Gasteiger partial charge in [0.2, 0.25) is 0 Å². The van der Waals surface area contributed by atoms with Crippen molar-refractivity contribution in [3.8, 4) is 18.2 Å². The number of hydrogen-bond donors (Lipinski definition) is 1. The van der Waals surface area contributed by atoms with Crippen molar-refractivity contribution in [3.63, 3.8) is 0 Å². The Balaban J connectivity index is 2.24. The molecule has 1 aromatic carbocycles. The van der Waals surface area contributed by atoms with Crippen LogP contribution < -0.4 is 0 Å². The molecule has 1 aliphatic carbocycles. The van der Waals surface area contributed by atoms with Gasteiger partial charge in [-0.1, -0.05) is 42.8 Å². The first-order valence-electron chi connectivity index (χ1n) is 9.01. The molecule has 1 fully saturated rings. The Labute approximate surface area is 164 Å². The van der Waals surface area contributed by atoms with E-state index in [-0.39, 0.29) is 11.6 Å². The molecule has 5 nitrogen and oxygen atoms in total. The number of fused-ring (bicyclic) bond motifs is 1. The topological polar surface area (TPSA) is 98.5 Å². The van der Waals surface area contributed by atoms with Crippen LogP contribution in [-0.4, -0.2) is 30.2 Å². The van der Waals surface area contributed by atoms with Crippen molar-refractivity contribution in [3.05, 3.63) is 46.5 Å². The summed E-state index contributed by atoms with van der Waals surface area (Å²) in [6, 6.07) is 13.6. The minimum absolute atomic E-state index is 0.133. The van der Waals surface area contributed by atoms with Gasteiger partial charge in [-0.3, -0.25) is 4.90 Å². The molecule has 1 heterocycles. The number of halogens is 1. The van der Waals surface area contributed by atoms with Gasteiger partial charge in [-0.05, 0) is 30.2 Å². The van der Waals surface area contributed by atoms with Crippen molar-refractivity contribution >= 4 is 17.3 Å². The number of rotatable bonds is 3. The van der Waals surface area contributed by atoms with E-state index in [1.165, 1.54) is 0 Å². The molecule has 6 heteroatoms. The molecule has 3 rings (SSSR count). The van der Waals surface area contributed by atoms with Gasteiger partial charge in [-0.2, -0.15) is 15.8 Å². The van der Waals surface area contributed by atoms with Gasteiger partial charge < -0.3 is 5.41 Å². The lowest BCUT2D eigenvalue weighted by molar-refractivity contribution is 0.204. The van der Waals surface area contributed by atoms with E-state index >= 15 is 0 Å². The SMILES string of the molecule is CCCN1CC=C2C(C#N)C(=N)C(C#N)(C#N)[C@@H](c3ccccc3Cl)[C@H]2C1. The summed E-state index contributed by atoms with van der Waals surface area (Å²) < 4.78 is 0. The van der Waals surface area contributed by atoms with Gasteiger partial charge >= 0.3 is 0 Å². The largest absolute Gasteiger partial charge is 0.305 e. The molecule has 2 aliphatic rings. The van der Waals surface area contributed by atoms with E-state index in [1.807, 2.05) is 18.2 Å². The molecule has 1 unspecified atom stereocenters. The maximum absolute atomic E-state index is 10.0. The number of nitrogens with zero attached hydrogens (tertiary/aromatic N) is 4. The van der Waals surface area contributed by atoms with Gasteiger partial charge in [-0.25, -0.2) is 0 Å². The highest BCUT2D eigenvalue weighted by Gasteiger charge is 2.58. The van der Waals surface area contributed by atoms with E-state index in [0.29, 0.717) is 23.7 Å². The fourth-order valence-corrected chi connectivity index (χ4v) is 4.69. The summed E-state index contributed by atoms with van der Waals surface area (Å²) >= 11 is 6.46. The van der Waals surface area contributed by atoms with Gasteiger partial charge in [-0.15, -0.1) is 0 Å². The molecule has 3 atom stereocenters. The third-order valence-corrected chi connectivity index (χ3v) is 5.99. The smallest absolute Gasteiger partial charge is 0.189 e. The molecule has 0 amide bonds. The fraction of sp³-hybridized carbons (Fsp3) is 0.429. The Morgan fingerprint density at radius 2 is 1.96 bits per heavy atom. The van der Waals surface area contributed by atoms with Crippen LogP contribution in [-0.2, 0) is 0 Å². The second kappa shape index (κ2) is 7.53. The lowest BCUT2D eigenvalue weighted by Crippen LogP contribution is -2.53. The van der Waals surface area contributed by atoms with Crippen LogP contribution in [0.4, 0.5) is 0 Å². The first-order valence-corrected chi connectivity index (χ1v) is 9.39. The molecule has 27 heavy (non-hydrogen) atoms. The first kappa shape index (κ1) is 19.1. The average molecular weight is 378 g/mol. The Morgan fingerprint density at radius 1 is 1.26 bits per heavy atom. The Bertz CT molecular complexity index is 900. The van der Waals surface area contributed by atoms with Crippen LogP contribution in [0.15, 0.2) is 35.9 Å². The Kier molecular flexibility index (Phi) is 5.33. The van der Waals surface area contributed by atoms with Crippen molar-refractivity contribution < 1.29 is 0 Å². The summed E-state index contributed by atoms with van der Waals surface area (Å²) in [5.41, 5.74) is -0.298. The first-order chi connectivity index (χ1) is 13.0. The molecule has 0 saturated heterocycles. The molecule has 1 aliphatic heterocycles. The Morgan fingerprint density at radius 3 is 2.56 bits per heavy atom. The van der Waals surface area contributed by atoms with Crippen molar-refractivity contribution in [2.45, 2.75) is 19.3 Å². The fourth-order valence-electron chi connectivity index (χ4n) is 4.44. The van der Waals surface area contributed by atoms with E-state index in [4.69, 9.17) is 17.0 Å². The molecular formula is C21H20ClN5. The summed E-state index contributed by atoms with van der Waals surface area (Å²) in [6.45, 7) is 4.36. The summed E-state index contributed by atoms with van der Waals surface area (Å²) in [6.07, 6.45) is 3.00. The van der Waals surface area contributed by atoms with Crippen LogP contribution in [0.1, 0.15) is 24.8 Å². The van der Waals surface area contributed by atoms with E-state index < -0.39 is 17.3 Å². The standard InChI is InChI=1S/C21H20ClN5/c1-2-8-27-9-7-14-16(10-23)20(26)21(12-24,13-25)19(17(14)11-27)15-5-3-4-6-18(15)22/h3-7,16-17,19,26H,2,8-9,11H2,1H3/t16?,17-,19-/m0/s1. The third kappa shape index (κ3) is 2.92. The van der Waals surface area contributed by atoms with Crippen molar-refractivity contribution in [2.75, 3.05) is 19.6 Å². The van der Waals surface area contributed by atoms with Crippen LogP contribution in [0.5, 0.6) is 0 Å². The summed E-state index contributed by atoms with van der Waals surface area (Å²) in [4.78, 5) is 2.26. The van der Waals surface area contributed by atoms with Gasteiger partial charge in [0.05, 0.1) is 23.9 Å². The quantitative estimate of drug-likeness (QED) is 0.807. The highest BCUT2D eigenvalue weighted by atomic mass is 35.5. The second-order valence-corrected chi connectivity index (χ2v) is 7.48. The monoisotopic (exact) mass is 377 g/mol. The summed E-state index contributed by atoms with van der Waals surface area (Å²) in [5, 5.41) is 38.8. The lowest BCUT2D eigenvalue weighted by atomic mass is 9.54.